The number of nitrogens with one attached hydrogen (secondary N) is 4. The van der Waals surface area contributed by atoms with Crippen molar-refractivity contribution in [3.8, 4) is 5.75 Å². The molecule has 1 amide bonds. The summed E-state index contributed by atoms with van der Waals surface area (Å²) in [5, 5.41) is 27.5. The third-order valence-electron chi connectivity index (χ3n) is 13.8. The van der Waals surface area contributed by atoms with Gasteiger partial charge in [0.2, 0.25) is 16.0 Å². The highest BCUT2D eigenvalue weighted by Gasteiger charge is 2.26. The van der Waals surface area contributed by atoms with E-state index in [1.54, 1.807) is 93.2 Å². The number of piperazine rings is 1. The summed E-state index contributed by atoms with van der Waals surface area (Å²) in [6.45, 7) is 11.8. The van der Waals surface area contributed by atoms with Crippen molar-refractivity contribution < 1.29 is 36.3 Å². The number of aliphatic carboxylic acids is 1. The Kier molecular flexibility index (Phi) is 18.7. The number of fused-ring (bicyclic) bond motifs is 1. The van der Waals surface area contributed by atoms with E-state index in [9.17, 15) is 31.5 Å². The van der Waals surface area contributed by atoms with Crippen molar-refractivity contribution >= 4 is 83.2 Å². The van der Waals surface area contributed by atoms with Crippen molar-refractivity contribution in [2.24, 2.45) is 7.05 Å². The number of unbranched alkanes of at least 4 members (excludes halogenated alkanes) is 3. The average Bonchev–Trinajstić information content (AvgIpc) is 3.85. The number of carbonyl (C=O) groups is 2. The molecule has 1 aliphatic rings. The van der Waals surface area contributed by atoms with Gasteiger partial charge in [-0.05, 0) is 129 Å². The highest BCUT2D eigenvalue weighted by molar-refractivity contribution is 7.92. The van der Waals surface area contributed by atoms with E-state index in [1.165, 1.54) is 6.20 Å². The number of anilines is 5. The van der Waals surface area contributed by atoms with Crippen LogP contribution in [-0.2, 0) is 43.0 Å². The molecule has 8 rings (SSSR count). The predicted molar refractivity (Wildman–Crippen MR) is 303 cm³/mol. The maximum Gasteiger partial charge on any atom is 0.304 e. The number of carboxylic acids is 1. The van der Waals surface area contributed by atoms with E-state index in [1.807, 2.05) is 37.3 Å². The molecule has 1 aliphatic heterocycles. The number of aromatic nitrogens is 5. The average molecular weight is 1120 g/mol. The maximum atomic E-state index is 13.2. The number of carbonyl (C=O) groups excluding carboxylic acids is 1. The first-order valence-electron chi connectivity index (χ1n) is 25.9. The molecule has 0 spiro atoms. The summed E-state index contributed by atoms with van der Waals surface area (Å²) in [7, 11) is -5.66. The number of ether oxygens (including phenoxy) is 1. The van der Waals surface area contributed by atoms with Crippen LogP contribution in [0, 0.1) is 13.8 Å². The zero-order valence-corrected chi connectivity index (χ0v) is 46.8. The Labute approximate surface area is 460 Å². The Bertz CT molecular complexity index is 3480. The lowest BCUT2D eigenvalue weighted by Crippen LogP contribution is -2.46. The highest BCUT2D eigenvalue weighted by atomic mass is 35.5. The fourth-order valence-corrected chi connectivity index (χ4v) is 12.0. The van der Waals surface area contributed by atoms with Crippen LogP contribution in [0.2, 0.25) is 5.02 Å². The first-order valence-corrected chi connectivity index (χ1v) is 29.3. The molecule has 2 aromatic heterocycles. The molecule has 5 aromatic carbocycles. The number of carboxylic acid groups (broad SMARTS) is 1. The minimum Gasteiger partial charge on any atom is -0.481 e. The minimum absolute atomic E-state index is 0.00343. The molecule has 0 aliphatic carbocycles. The second-order valence-corrected chi connectivity index (χ2v) is 24.3. The van der Waals surface area contributed by atoms with E-state index < -0.39 is 37.0 Å². The largest absolute Gasteiger partial charge is 0.481 e. The molecule has 0 bridgehead atoms. The van der Waals surface area contributed by atoms with E-state index in [4.69, 9.17) is 16.3 Å². The summed E-state index contributed by atoms with van der Waals surface area (Å²) < 4.78 is 62.8. The molecule has 412 valence electrons. The minimum atomic E-state index is -3.82. The van der Waals surface area contributed by atoms with Crippen molar-refractivity contribution in [2.75, 3.05) is 61.4 Å². The van der Waals surface area contributed by atoms with E-state index in [0.717, 1.165) is 75.3 Å². The fraction of sp³-hybridized carbons (Fsp3) is 0.357. The number of benzene rings is 5. The summed E-state index contributed by atoms with van der Waals surface area (Å²) in [5.41, 5.74) is 6.73. The number of rotatable bonds is 25. The summed E-state index contributed by atoms with van der Waals surface area (Å²) in [4.78, 5) is 39.5. The molecule has 19 nitrogen and oxygen atoms in total. The molecule has 3 heterocycles. The number of nitrogens with zero attached hydrogens (tertiary/aromatic N) is 7. The van der Waals surface area contributed by atoms with E-state index in [0.29, 0.717) is 57.2 Å². The standard InChI is InChI=1S/C56H66ClN11O8S2/c1-37(2)77(72,73)51-17-11-9-15-47(51)62-55-46(57)35-59-56(63-55)61-43-20-22-44(23-21-43)68-28-26-67(27-29-68)25-13-7-6-12-24-58-52(69)36-76-49-32-41(31-48-54(49)66(5)65-64-48)45(33-53(70)71)40-19-18-38(3)42(30-40)34-60-78(74,75)50-16-10-8-14-39(50)4/h8-11,14-23,30-32,35,37,45,60H,6-7,12-13,24-29,33-34,36H2,1-5H3,(H,58,69)(H,70,71)(H2,59,61,62,63). The summed E-state index contributed by atoms with van der Waals surface area (Å²) >= 11 is 6.44. The van der Waals surface area contributed by atoms with Gasteiger partial charge in [0, 0.05) is 63.6 Å². The molecule has 0 radical (unpaired) electrons. The molecular weight excluding hydrogens is 1050 g/mol. The van der Waals surface area contributed by atoms with Gasteiger partial charge in [-0.2, -0.15) is 4.98 Å². The predicted octanol–water partition coefficient (Wildman–Crippen LogP) is 8.66. The van der Waals surface area contributed by atoms with Crippen molar-refractivity contribution in [3.05, 3.63) is 142 Å². The lowest BCUT2D eigenvalue weighted by Gasteiger charge is -2.36. The van der Waals surface area contributed by atoms with Gasteiger partial charge in [0.25, 0.3) is 5.91 Å². The molecule has 7 aromatic rings. The number of sulfonamides is 1. The second-order valence-electron chi connectivity index (χ2n) is 19.7. The molecular formula is C56H66ClN11O8S2. The second kappa shape index (κ2) is 25.5. The van der Waals surface area contributed by atoms with Crippen LogP contribution in [0.25, 0.3) is 11.0 Å². The smallest absolute Gasteiger partial charge is 0.304 e. The van der Waals surface area contributed by atoms with Crippen LogP contribution >= 0.6 is 11.6 Å². The van der Waals surface area contributed by atoms with Crippen LogP contribution in [0.5, 0.6) is 5.75 Å². The number of hydrogen-bond acceptors (Lipinski definition) is 15. The van der Waals surface area contributed by atoms with Gasteiger partial charge in [-0.3, -0.25) is 14.5 Å². The lowest BCUT2D eigenvalue weighted by atomic mass is 9.86. The van der Waals surface area contributed by atoms with Crippen molar-refractivity contribution in [2.45, 2.75) is 87.3 Å². The van der Waals surface area contributed by atoms with Gasteiger partial charge >= 0.3 is 5.97 Å². The van der Waals surface area contributed by atoms with Gasteiger partial charge in [-0.25, -0.2) is 31.2 Å². The normalized spacial score (nSPS) is 13.7. The third kappa shape index (κ3) is 14.3. The SMILES string of the molecule is Cc1ccc(C(CC(=O)O)c2cc(OCC(=O)NCCCCCCN3CCN(c4ccc(Nc5ncc(Cl)c(Nc6ccccc6S(=O)(=O)C(C)C)n5)cc4)CC3)c3c(c2)nnn3C)cc1CNS(=O)(=O)c1ccccc1C. The first-order chi connectivity index (χ1) is 37.4. The first kappa shape index (κ1) is 57.0. The number of para-hydroxylation sites is 1. The molecule has 0 saturated carbocycles. The number of halogens is 1. The van der Waals surface area contributed by atoms with Crippen LogP contribution in [0.15, 0.2) is 119 Å². The van der Waals surface area contributed by atoms with Crippen LogP contribution < -0.4 is 30.3 Å². The van der Waals surface area contributed by atoms with Crippen molar-refractivity contribution in [3.63, 3.8) is 0 Å². The van der Waals surface area contributed by atoms with Crippen LogP contribution in [0.4, 0.5) is 28.8 Å². The van der Waals surface area contributed by atoms with Gasteiger partial charge in [-0.1, -0.05) is 78.2 Å². The number of hydrogen-bond donors (Lipinski definition) is 5. The Hall–Kier alpha value is -7.17. The van der Waals surface area contributed by atoms with Crippen LogP contribution in [-0.4, -0.2) is 115 Å². The molecule has 1 atom stereocenters. The Morgan fingerprint density at radius 2 is 1.53 bits per heavy atom. The highest BCUT2D eigenvalue weighted by Crippen LogP contribution is 2.36. The summed E-state index contributed by atoms with van der Waals surface area (Å²) in [6.07, 6.45) is 5.07. The van der Waals surface area contributed by atoms with Crippen LogP contribution in [0.1, 0.15) is 79.7 Å². The number of amides is 1. The molecule has 22 heteroatoms. The molecule has 5 N–H and O–H groups in total. The van der Waals surface area contributed by atoms with Crippen molar-refractivity contribution in [1.82, 2.24) is 39.9 Å². The maximum absolute atomic E-state index is 13.2. The van der Waals surface area contributed by atoms with Gasteiger partial charge < -0.3 is 30.7 Å². The van der Waals surface area contributed by atoms with Crippen molar-refractivity contribution in [1.29, 1.82) is 0 Å². The zero-order valence-electron chi connectivity index (χ0n) is 44.4. The van der Waals surface area contributed by atoms with E-state index in [-0.39, 0.29) is 46.1 Å². The number of aryl methyl sites for hydroxylation is 3. The summed E-state index contributed by atoms with van der Waals surface area (Å²) in [5.74, 6) is -1.06. The van der Waals surface area contributed by atoms with E-state index in [2.05, 4.69) is 62.9 Å². The monoisotopic (exact) mass is 1120 g/mol. The number of sulfone groups is 1. The van der Waals surface area contributed by atoms with Gasteiger partial charge in [0.1, 0.15) is 21.8 Å². The molecule has 1 saturated heterocycles. The molecule has 78 heavy (non-hydrogen) atoms. The lowest BCUT2D eigenvalue weighted by molar-refractivity contribution is -0.137. The van der Waals surface area contributed by atoms with Gasteiger partial charge in [-0.15, -0.1) is 5.10 Å². The Morgan fingerprint density at radius 3 is 2.26 bits per heavy atom. The molecule has 1 unspecified atom stereocenters. The van der Waals surface area contributed by atoms with E-state index >= 15 is 0 Å². The Balaban J connectivity index is 0.763. The van der Waals surface area contributed by atoms with Gasteiger partial charge in [0.15, 0.2) is 22.3 Å². The fourth-order valence-electron chi connectivity index (χ4n) is 9.36. The Morgan fingerprint density at radius 1 is 0.808 bits per heavy atom. The van der Waals surface area contributed by atoms with Crippen LogP contribution in [0.3, 0.4) is 0 Å². The van der Waals surface area contributed by atoms with Gasteiger partial charge in [0.05, 0.1) is 33.3 Å². The third-order valence-corrected chi connectivity index (χ3v) is 17.9. The topological polar surface area (TPSA) is 243 Å². The summed E-state index contributed by atoms with van der Waals surface area (Å²) in [6, 6.07) is 30.5. The molecule has 1 fully saturated rings. The zero-order chi connectivity index (χ0) is 55.6. The quantitative estimate of drug-likeness (QED) is 0.0336.